The van der Waals surface area contributed by atoms with Crippen LogP contribution in [0.2, 0.25) is 0 Å². The molecule has 0 radical (unpaired) electrons. The van der Waals surface area contributed by atoms with Crippen LogP contribution in [-0.4, -0.2) is 20.9 Å². The number of carbonyl (C=O) groups excluding carboxylic acids is 1. The molecule has 6 heteroatoms. The standard InChI is InChI=1S/C29H26N2O3S/c32-29(28(25-14-8-3-9-15-25)22-24-12-6-2-7-13-24)31-26-16-18-27(19-17-26)35(33,34)30-21-20-23-10-4-1-5-11-23/h1-19,22,30H,20-21H2,(H,31,32). The molecule has 0 spiro atoms. The molecular weight excluding hydrogens is 456 g/mol. The summed E-state index contributed by atoms with van der Waals surface area (Å²) in [7, 11) is -3.65. The van der Waals surface area contributed by atoms with E-state index < -0.39 is 10.0 Å². The monoisotopic (exact) mass is 482 g/mol. The van der Waals surface area contributed by atoms with Gasteiger partial charge in [0.15, 0.2) is 0 Å². The minimum atomic E-state index is -3.65. The molecule has 0 bridgehead atoms. The van der Waals surface area contributed by atoms with Crippen molar-refractivity contribution >= 4 is 33.3 Å². The molecule has 4 aromatic rings. The summed E-state index contributed by atoms with van der Waals surface area (Å²) in [6.07, 6.45) is 2.43. The smallest absolute Gasteiger partial charge is 0.256 e. The first-order valence-corrected chi connectivity index (χ1v) is 12.8. The van der Waals surface area contributed by atoms with Crippen molar-refractivity contribution in [3.63, 3.8) is 0 Å². The average molecular weight is 483 g/mol. The van der Waals surface area contributed by atoms with Crippen LogP contribution in [0.3, 0.4) is 0 Å². The number of amides is 1. The minimum Gasteiger partial charge on any atom is -0.322 e. The van der Waals surface area contributed by atoms with E-state index in [1.807, 2.05) is 97.1 Å². The summed E-state index contributed by atoms with van der Waals surface area (Å²) < 4.78 is 27.9. The van der Waals surface area contributed by atoms with Gasteiger partial charge in [0.2, 0.25) is 10.0 Å². The predicted molar refractivity (Wildman–Crippen MR) is 141 cm³/mol. The van der Waals surface area contributed by atoms with Crippen molar-refractivity contribution in [1.82, 2.24) is 4.72 Å². The lowest BCUT2D eigenvalue weighted by Crippen LogP contribution is -2.26. The van der Waals surface area contributed by atoms with Crippen LogP contribution in [0.1, 0.15) is 16.7 Å². The normalized spacial score (nSPS) is 11.7. The number of benzene rings is 4. The predicted octanol–water partition coefficient (Wildman–Crippen LogP) is 5.39. The van der Waals surface area contributed by atoms with Gasteiger partial charge in [0.1, 0.15) is 0 Å². The molecule has 1 amide bonds. The highest BCUT2D eigenvalue weighted by atomic mass is 32.2. The van der Waals surface area contributed by atoms with Crippen LogP contribution < -0.4 is 10.0 Å². The van der Waals surface area contributed by atoms with Crippen molar-refractivity contribution in [3.05, 3.63) is 132 Å². The van der Waals surface area contributed by atoms with E-state index in [0.29, 0.717) is 24.2 Å². The van der Waals surface area contributed by atoms with Crippen molar-refractivity contribution in [2.75, 3.05) is 11.9 Å². The third-order valence-corrected chi connectivity index (χ3v) is 6.89. The highest BCUT2D eigenvalue weighted by Crippen LogP contribution is 2.21. The molecule has 2 N–H and O–H groups in total. The molecule has 176 valence electrons. The second-order valence-corrected chi connectivity index (χ2v) is 9.71. The van der Waals surface area contributed by atoms with E-state index in [9.17, 15) is 13.2 Å². The van der Waals surface area contributed by atoms with E-state index in [1.54, 1.807) is 12.1 Å². The van der Waals surface area contributed by atoms with Crippen LogP contribution in [0, 0.1) is 0 Å². The van der Waals surface area contributed by atoms with Gasteiger partial charge in [-0.15, -0.1) is 0 Å². The molecule has 0 aliphatic heterocycles. The Morgan fingerprint density at radius 1 is 0.714 bits per heavy atom. The first kappa shape index (κ1) is 24.1. The zero-order valence-corrected chi connectivity index (χ0v) is 19.9. The number of anilines is 1. The third kappa shape index (κ3) is 6.76. The van der Waals surface area contributed by atoms with Crippen LogP contribution in [0.15, 0.2) is 120 Å². The summed E-state index contributed by atoms with van der Waals surface area (Å²) in [6, 6.07) is 34.9. The molecule has 4 aromatic carbocycles. The molecule has 0 atom stereocenters. The quantitative estimate of drug-likeness (QED) is 0.248. The third-order valence-electron chi connectivity index (χ3n) is 5.41. The van der Waals surface area contributed by atoms with E-state index in [0.717, 1.165) is 16.7 Å². The summed E-state index contributed by atoms with van der Waals surface area (Å²) in [5.74, 6) is -0.281. The molecule has 4 rings (SSSR count). The van der Waals surface area contributed by atoms with Crippen molar-refractivity contribution < 1.29 is 13.2 Å². The molecule has 5 nitrogen and oxygen atoms in total. The van der Waals surface area contributed by atoms with Gasteiger partial charge in [-0.25, -0.2) is 13.1 Å². The number of carbonyl (C=O) groups is 1. The maximum Gasteiger partial charge on any atom is 0.256 e. The molecule has 35 heavy (non-hydrogen) atoms. The fourth-order valence-electron chi connectivity index (χ4n) is 3.59. The van der Waals surface area contributed by atoms with Gasteiger partial charge < -0.3 is 5.32 Å². The summed E-state index contributed by atoms with van der Waals surface area (Å²) in [5.41, 5.74) is 3.77. The number of sulfonamides is 1. The Morgan fingerprint density at radius 2 is 1.29 bits per heavy atom. The van der Waals surface area contributed by atoms with Crippen LogP contribution >= 0.6 is 0 Å². The topological polar surface area (TPSA) is 75.3 Å². The van der Waals surface area contributed by atoms with Gasteiger partial charge in [-0.2, -0.15) is 0 Å². The Kier molecular flexibility index (Phi) is 7.88. The van der Waals surface area contributed by atoms with E-state index in [1.165, 1.54) is 12.1 Å². The van der Waals surface area contributed by atoms with Crippen LogP contribution in [0.25, 0.3) is 11.6 Å². The van der Waals surface area contributed by atoms with Gasteiger partial charge in [-0.3, -0.25) is 4.79 Å². The van der Waals surface area contributed by atoms with Crippen molar-refractivity contribution in [2.24, 2.45) is 0 Å². The second kappa shape index (κ2) is 11.4. The van der Waals surface area contributed by atoms with Gasteiger partial charge in [0.25, 0.3) is 5.91 Å². The Balaban J connectivity index is 1.45. The maximum absolute atomic E-state index is 13.2. The lowest BCUT2D eigenvalue weighted by molar-refractivity contribution is -0.111. The highest BCUT2D eigenvalue weighted by molar-refractivity contribution is 7.89. The molecule has 0 saturated heterocycles. The van der Waals surface area contributed by atoms with Crippen molar-refractivity contribution in [1.29, 1.82) is 0 Å². The summed E-state index contributed by atoms with van der Waals surface area (Å²) in [6.45, 7) is 0.301. The molecule has 0 heterocycles. The second-order valence-electron chi connectivity index (χ2n) is 7.95. The van der Waals surface area contributed by atoms with Crippen molar-refractivity contribution in [3.8, 4) is 0 Å². The largest absolute Gasteiger partial charge is 0.322 e. The fourth-order valence-corrected chi connectivity index (χ4v) is 4.62. The summed E-state index contributed by atoms with van der Waals surface area (Å²) in [4.78, 5) is 13.3. The number of hydrogen-bond acceptors (Lipinski definition) is 3. The van der Waals surface area contributed by atoms with Crippen molar-refractivity contribution in [2.45, 2.75) is 11.3 Å². The Bertz CT molecular complexity index is 1390. The molecule has 0 aromatic heterocycles. The molecular formula is C29H26N2O3S. The number of hydrogen-bond donors (Lipinski definition) is 2. The van der Waals surface area contributed by atoms with E-state index in [-0.39, 0.29) is 10.8 Å². The molecule has 0 aliphatic rings. The van der Waals surface area contributed by atoms with Gasteiger partial charge in [0, 0.05) is 17.8 Å². The Morgan fingerprint density at radius 3 is 1.91 bits per heavy atom. The van der Waals surface area contributed by atoms with Gasteiger partial charge in [0.05, 0.1) is 4.90 Å². The van der Waals surface area contributed by atoms with Gasteiger partial charge in [-0.1, -0.05) is 91.0 Å². The zero-order chi connectivity index (χ0) is 24.5. The molecule has 0 aliphatic carbocycles. The Hall–Kier alpha value is -4.00. The SMILES string of the molecule is O=C(Nc1ccc(S(=O)(=O)NCCc2ccccc2)cc1)C(=Cc1ccccc1)c1ccccc1. The zero-order valence-electron chi connectivity index (χ0n) is 19.1. The number of nitrogens with one attached hydrogen (secondary N) is 2. The van der Waals surface area contributed by atoms with E-state index in [2.05, 4.69) is 10.0 Å². The Labute approximate surface area is 206 Å². The lowest BCUT2D eigenvalue weighted by Gasteiger charge is -2.11. The van der Waals surface area contributed by atoms with Crippen LogP contribution in [-0.2, 0) is 21.2 Å². The summed E-state index contributed by atoms with van der Waals surface area (Å²) in [5, 5.41) is 2.88. The van der Waals surface area contributed by atoms with E-state index in [4.69, 9.17) is 0 Å². The maximum atomic E-state index is 13.2. The minimum absolute atomic E-state index is 0.145. The molecule has 0 unspecified atom stereocenters. The average Bonchev–Trinajstić information content (AvgIpc) is 2.89. The summed E-state index contributed by atoms with van der Waals surface area (Å²) >= 11 is 0. The molecule has 0 saturated carbocycles. The van der Waals surface area contributed by atoms with Gasteiger partial charge in [-0.05, 0) is 53.5 Å². The van der Waals surface area contributed by atoms with Gasteiger partial charge >= 0.3 is 0 Å². The highest BCUT2D eigenvalue weighted by Gasteiger charge is 2.15. The molecule has 0 fully saturated rings. The lowest BCUT2D eigenvalue weighted by atomic mass is 10.0. The van der Waals surface area contributed by atoms with E-state index >= 15 is 0 Å². The van der Waals surface area contributed by atoms with Crippen LogP contribution in [0.4, 0.5) is 5.69 Å². The van der Waals surface area contributed by atoms with Crippen LogP contribution in [0.5, 0.6) is 0 Å². The number of rotatable bonds is 9. The first-order valence-electron chi connectivity index (χ1n) is 11.3. The first-order chi connectivity index (χ1) is 17.0. The fraction of sp³-hybridized carbons (Fsp3) is 0.0690.